The molecule has 0 aliphatic carbocycles. The van der Waals surface area contributed by atoms with Gasteiger partial charge in [0, 0.05) is 0 Å². The number of anilines is 1. The summed E-state index contributed by atoms with van der Waals surface area (Å²) >= 11 is 0. The number of alkyl carbamates (subject to hydrolysis) is 1. The second-order valence-corrected chi connectivity index (χ2v) is 5.65. The molecule has 1 N–H and O–H groups in total. The van der Waals surface area contributed by atoms with Gasteiger partial charge in [-0.3, -0.25) is 10.2 Å². The van der Waals surface area contributed by atoms with E-state index in [0.29, 0.717) is 5.69 Å². The summed E-state index contributed by atoms with van der Waals surface area (Å²) in [6, 6.07) is 15.3. The quantitative estimate of drug-likeness (QED) is 0.859. The molecule has 2 unspecified atom stereocenters. The molecule has 1 aliphatic rings. The third-order valence-corrected chi connectivity index (χ3v) is 3.66. The largest absolute Gasteiger partial charge is 0.445 e. The zero-order valence-electron chi connectivity index (χ0n) is 13.8. The van der Waals surface area contributed by atoms with Crippen molar-refractivity contribution in [2.24, 2.45) is 0 Å². The first-order valence-electron chi connectivity index (χ1n) is 7.99. The van der Waals surface area contributed by atoms with Gasteiger partial charge in [0.05, 0.1) is 5.69 Å². The van der Waals surface area contributed by atoms with E-state index in [1.165, 1.54) is 17.2 Å². The highest BCUT2D eigenvalue weighted by Gasteiger charge is 2.25. The van der Waals surface area contributed by atoms with Crippen LogP contribution in [0.2, 0.25) is 0 Å². The molecule has 2 aromatic carbocycles. The lowest BCUT2D eigenvalue weighted by atomic mass is 10.2. The van der Waals surface area contributed by atoms with E-state index in [0.717, 1.165) is 5.56 Å². The van der Waals surface area contributed by atoms with Gasteiger partial charge in [-0.15, -0.1) is 0 Å². The molecule has 0 saturated heterocycles. The van der Waals surface area contributed by atoms with Gasteiger partial charge in [0.25, 0.3) is 0 Å². The highest BCUT2D eigenvalue weighted by Crippen LogP contribution is 2.22. The van der Waals surface area contributed by atoms with Crippen LogP contribution in [0.3, 0.4) is 0 Å². The molecule has 130 valence electrons. The van der Waals surface area contributed by atoms with Gasteiger partial charge in [-0.25, -0.2) is 14.2 Å². The van der Waals surface area contributed by atoms with Gasteiger partial charge in [-0.2, -0.15) is 0 Å². The fourth-order valence-electron chi connectivity index (χ4n) is 2.42. The summed E-state index contributed by atoms with van der Waals surface area (Å²) in [5.41, 5.74) is 1.53. The summed E-state index contributed by atoms with van der Waals surface area (Å²) < 4.78 is 18.4. The average Bonchev–Trinajstić information content (AvgIpc) is 2.63. The van der Waals surface area contributed by atoms with Crippen molar-refractivity contribution >= 4 is 11.8 Å². The maximum absolute atomic E-state index is 13.1. The van der Waals surface area contributed by atoms with Gasteiger partial charge in [-0.1, -0.05) is 36.4 Å². The molecule has 0 spiro atoms. The summed E-state index contributed by atoms with van der Waals surface area (Å²) in [5.74, 6) is -0.337. The first kappa shape index (κ1) is 17.0. The topological polar surface area (TPSA) is 50.8 Å². The second-order valence-electron chi connectivity index (χ2n) is 5.65. The van der Waals surface area contributed by atoms with Crippen LogP contribution in [-0.4, -0.2) is 18.4 Å². The zero-order chi connectivity index (χ0) is 17.6. The van der Waals surface area contributed by atoms with Crippen molar-refractivity contribution in [3.05, 3.63) is 78.1 Å². The Morgan fingerprint density at radius 1 is 1.16 bits per heavy atom. The summed E-state index contributed by atoms with van der Waals surface area (Å²) in [6.45, 7) is 2.05. The van der Waals surface area contributed by atoms with E-state index in [1.807, 2.05) is 43.3 Å². The SMILES string of the molecule is CC1C=CC(NC(=O)OCc2ccccc2)N(c2ccc(F)cc2)O1. The van der Waals surface area contributed by atoms with Crippen LogP contribution < -0.4 is 10.4 Å². The molecule has 0 fully saturated rings. The van der Waals surface area contributed by atoms with Crippen LogP contribution in [-0.2, 0) is 16.2 Å². The average molecular weight is 342 g/mol. The Balaban J connectivity index is 1.64. The molecule has 5 nitrogen and oxygen atoms in total. The van der Waals surface area contributed by atoms with Crippen molar-refractivity contribution in [2.45, 2.75) is 25.8 Å². The van der Waals surface area contributed by atoms with Gasteiger partial charge >= 0.3 is 6.09 Å². The molecule has 1 aliphatic heterocycles. The first-order valence-corrected chi connectivity index (χ1v) is 7.99. The van der Waals surface area contributed by atoms with Crippen molar-refractivity contribution in [3.63, 3.8) is 0 Å². The van der Waals surface area contributed by atoms with Gasteiger partial charge in [0.2, 0.25) is 0 Å². The van der Waals surface area contributed by atoms with Gasteiger partial charge < -0.3 is 4.74 Å². The molecule has 0 saturated carbocycles. The van der Waals surface area contributed by atoms with Crippen LogP contribution in [0.25, 0.3) is 0 Å². The lowest BCUT2D eigenvalue weighted by molar-refractivity contribution is 0.0430. The molecular weight excluding hydrogens is 323 g/mol. The van der Waals surface area contributed by atoms with Crippen molar-refractivity contribution in [2.75, 3.05) is 5.06 Å². The Labute approximate surface area is 145 Å². The Morgan fingerprint density at radius 3 is 2.60 bits per heavy atom. The molecular formula is C19H19FN2O3. The lowest BCUT2D eigenvalue weighted by Gasteiger charge is -2.35. The summed E-state index contributed by atoms with van der Waals surface area (Å²) in [5, 5.41) is 4.25. The third-order valence-electron chi connectivity index (χ3n) is 3.66. The molecule has 1 heterocycles. The number of carbonyl (C=O) groups is 1. The minimum absolute atomic E-state index is 0.163. The number of benzene rings is 2. The summed E-state index contributed by atoms with van der Waals surface area (Å²) in [6.07, 6.45) is 2.36. The minimum Gasteiger partial charge on any atom is -0.445 e. The summed E-state index contributed by atoms with van der Waals surface area (Å²) in [7, 11) is 0. The number of hydrogen-bond donors (Lipinski definition) is 1. The smallest absolute Gasteiger partial charge is 0.409 e. The number of hydroxylamine groups is 1. The fourth-order valence-corrected chi connectivity index (χ4v) is 2.42. The zero-order valence-corrected chi connectivity index (χ0v) is 13.8. The van der Waals surface area contributed by atoms with Crippen LogP contribution in [0, 0.1) is 5.82 Å². The molecule has 2 atom stereocenters. The normalized spacial score (nSPS) is 19.5. The number of ether oxygens (including phenoxy) is 1. The Bertz CT molecular complexity index is 734. The van der Waals surface area contributed by atoms with Gasteiger partial charge in [-0.05, 0) is 42.8 Å². The first-order chi connectivity index (χ1) is 12.1. The van der Waals surface area contributed by atoms with Gasteiger partial charge in [0.1, 0.15) is 24.7 Å². The molecule has 1 amide bonds. The monoisotopic (exact) mass is 342 g/mol. The number of nitrogens with zero attached hydrogens (tertiary/aromatic N) is 1. The van der Waals surface area contributed by atoms with E-state index in [1.54, 1.807) is 18.2 Å². The number of hydrogen-bond acceptors (Lipinski definition) is 4. The van der Waals surface area contributed by atoms with E-state index < -0.39 is 12.3 Å². The van der Waals surface area contributed by atoms with E-state index in [2.05, 4.69) is 5.32 Å². The predicted octanol–water partition coefficient (Wildman–Crippen LogP) is 3.77. The number of nitrogens with one attached hydrogen (secondary N) is 1. The number of amides is 1. The molecule has 0 bridgehead atoms. The van der Waals surface area contributed by atoms with Gasteiger partial charge in [0.15, 0.2) is 0 Å². The van der Waals surface area contributed by atoms with Crippen LogP contribution in [0.5, 0.6) is 0 Å². The standard InChI is InChI=1S/C19H19FN2O3/c1-14-7-12-18(22(25-14)17-10-8-16(20)9-11-17)21-19(23)24-13-15-5-3-2-4-6-15/h2-12,14,18H,13H2,1H3,(H,21,23). The minimum atomic E-state index is -0.566. The van der Waals surface area contributed by atoms with Crippen molar-refractivity contribution in [1.82, 2.24) is 5.32 Å². The summed E-state index contributed by atoms with van der Waals surface area (Å²) in [4.78, 5) is 17.8. The molecule has 25 heavy (non-hydrogen) atoms. The second kappa shape index (κ2) is 7.81. The highest BCUT2D eigenvalue weighted by atomic mass is 19.1. The Kier molecular flexibility index (Phi) is 5.30. The number of rotatable bonds is 4. The van der Waals surface area contributed by atoms with Crippen molar-refractivity contribution < 1.29 is 18.8 Å². The maximum atomic E-state index is 13.1. The van der Waals surface area contributed by atoms with Crippen LogP contribution in [0.4, 0.5) is 14.9 Å². The van der Waals surface area contributed by atoms with E-state index in [9.17, 15) is 9.18 Å². The van der Waals surface area contributed by atoms with Crippen LogP contribution in [0.15, 0.2) is 66.7 Å². The highest BCUT2D eigenvalue weighted by molar-refractivity contribution is 5.68. The van der Waals surface area contributed by atoms with E-state index in [4.69, 9.17) is 9.57 Å². The van der Waals surface area contributed by atoms with Crippen molar-refractivity contribution in [3.8, 4) is 0 Å². The maximum Gasteiger partial charge on any atom is 0.409 e. The predicted molar refractivity (Wildman–Crippen MR) is 92.1 cm³/mol. The molecule has 6 heteroatoms. The van der Waals surface area contributed by atoms with E-state index in [-0.39, 0.29) is 18.5 Å². The van der Waals surface area contributed by atoms with Crippen molar-refractivity contribution in [1.29, 1.82) is 0 Å². The van der Waals surface area contributed by atoms with Crippen LogP contribution in [0.1, 0.15) is 12.5 Å². The Hall–Kier alpha value is -2.86. The number of carbonyl (C=O) groups excluding carboxylic acids is 1. The van der Waals surface area contributed by atoms with Crippen LogP contribution >= 0.6 is 0 Å². The third kappa shape index (κ3) is 4.58. The molecule has 2 aromatic rings. The molecule has 0 aromatic heterocycles. The molecule has 3 rings (SSSR count). The van der Waals surface area contributed by atoms with E-state index >= 15 is 0 Å². The lowest BCUT2D eigenvalue weighted by Crippen LogP contribution is -2.50. The Morgan fingerprint density at radius 2 is 1.88 bits per heavy atom. The fraction of sp³-hybridized carbons (Fsp3) is 0.211. The number of halogens is 1. The molecule has 0 radical (unpaired) electrons.